The van der Waals surface area contributed by atoms with Crippen LogP contribution in [0.1, 0.15) is 11.1 Å². The topological polar surface area (TPSA) is 0 Å². The van der Waals surface area contributed by atoms with Crippen LogP contribution in [-0.2, 0) is 23.3 Å². The van der Waals surface area contributed by atoms with E-state index in [1.807, 2.05) is 0 Å². The van der Waals surface area contributed by atoms with Gasteiger partial charge < -0.3 is 24.8 Å². The summed E-state index contributed by atoms with van der Waals surface area (Å²) >= 11 is 1.74. The monoisotopic (exact) mass is 792 g/mol. The molecule has 0 aliphatic carbocycles. The van der Waals surface area contributed by atoms with Crippen LogP contribution in [0.4, 0.5) is 0 Å². The molecule has 8 rings (SSSR count). The van der Waals surface area contributed by atoms with Gasteiger partial charge in [0, 0.05) is 0 Å². The third-order valence-corrected chi connectivity index (χ3v) is 11.7. The van der Waals surface area contributed by atoms with Crippen molar-refractivity contribution < 1.29 is 48.1 Å². The maximum atomic E-state index is 2.38. The van der Waals surface area contributed by atoms with Crippen LogP contribution in [0.25, 0.3) is 54.4 Å². The number of aryl methyl sites for hydroxylation is 2. The summed E-state index contributed by atoms with van der Waals surface area (Å²) in [6, 6.07) is 48.6. The molecule has 0 saturated heterocycles. The first kappa shape index (κ1) is 38.1. The van der Waals surface area contributed by atoms with E-state index in [9.17, 15) is 0 Å². The van der Waals surface area contributed by atoms with E-state index >= 15 is 0 Å². The first-order valence-corrected chi connectivity index (χ1v) is 24.8. The van der Waals surface area contributed by atoms with Crippen molar-refractivity contribution in [3.63, 3.8) is 0 Å². The molecule has 0 aliphatic heterocycles. The zero-order chi connectivity index (χ0) is 32.0. The molecular weight excluding hydrogens is 757 g/mol. The molecule has 0 radical (unpaired) electrons. The Balaban J connectivity index is 0.000000188. The molecule has 0 bridgehead atoms. The van der Waals surface area contributed by atoms with Crippen molar-refractivity contribution in [2.24, 2.45) is 0 Å². The van der Waals surface area contributed by atoms with Crippen molar-refractivity contribution in [1.82, 2.24) is 0 Å². The molecule has 0 aliphatic rings. The van der Waals surface area contributed by atoms with Crippen LogP contribution in [0.2, 0.25) is 13.1 Å². The molecule has 2 aromatic heterocycles. The SMILES string of the molecule is C[Si](C)=[Zr+2].Cc1cc2c(-p3cccc3)cc(-c3ccccc3)cc2[cH-]1.Cc1cc2c(-p3cccc3)cc(-c3ccccc3)cc2[cH-]1.[Cl-].[Cl-]. The summed E-state index contributed by atoms with van der Waals surface area (Å²) in [5, 5.41) is 8.49. The Kier molecular flexibility index (Phi) is 14.2. The van der Waals surface area contributed by atoms with Crippen molar-refractivity contribution >= 4 is 42.0 Å². The van der Waals surface area contributed by atoms with Gasteiger partial charge >= 0.3 is 41.9 Å². The van der Waals surface area contributed by atoms with Gasteiger partial charge in [-0.15, -0.1) is 72.0 Å². The third kappa shape index (κ3) is 9.31. The van der Waals surface area contributed by atoms with Crippen LogP contribution in [0.15, 0.2) is 157 Å². The summed E-state index contributed by atoms with van der Waals surface area (Å²) in [6.07, 6.45) is 0. The van der Waals surface area contributed by atoms with E-state index in [4.69, 9.17) is 0 Å². The van der Waals surface area contributed by atoms with Crippen LogP contribution in [0.5, 0.6) is 0 Å². The van der Waals surface area contributed by atoms with Gasteiger partial charge in [0.05, 0.1) is 0 Å². The van der Waals surface area contributed by atoms with Gasteiger partial charge in [0.15, 0.2) is 0 Å². The minimum atomic E-state index is -0.294. The predicted octanol–water partition coefficient (Wildman–Crippen LogP) is 7.81. The second kappa shape index (κ2) is 17.8. The smallest absolute Gasteiger partial charge is 0.0277 e. The fourth-order valence-electron chi connectivity index (χ4n) is 5.91. The molecule has 6 aromatic carbocycles. The van der Waals surface area contributed by atoms with Crippen LogP contribution in [0, 0.1) is 13.8 Å². The molecule has 0 saturated carbocycles. The fraction of sp³-hybridized carbons (Fsp3) is 0.0952. The van der Waals surface area contributed by atoms with Gasteiger partial charge in [-0.2, -0.15) is 12.1 Å². The van der Waals surface area contributed by atoms with E-state index in [-0.39, 0.29) is 45.3 Å². The van der Waals surface area contributed by atoms with Crippen molar-refractivity contribution in [3.05, 3.63) is 168 Å². The summed E-state index contributed by atoms with van der Waals surface area (Å²) in [4.78, 5) is 0. The molecule has 0 spiro atoms. The first-order valence-electron chi connectivity index (χ1n) is 15.7. The zero-order valence-electron chi connectivity index (χ0n) is 27.7. The zero-order valence-corrected chi connectivity index (χ0v) is 34.4. The second-order valence-corrected chi connectivity index (χ2v) is 25.1. The predicted molar refractivity (Wildman–Crippen MR) is 205 cm³/mol. The van der Waals surface area contributed by atoms with Crippen molar-refractivity contribution in [2.45, 2.75) is 26.9 Å². The Morgan fingerprint density at radius 2 is 0.812 bits per heavy atom. The Morgan fingerprint density at radius 3 is 1.15 bits per heavy atom. The van der Waals surface area contributed by atoms with Gasteiger partial charge in [-0.25, -0.2) is 0 Å². The van der Waals surface area contributed by atoms with Crippen molar-refractivity contribution in [2.75, 3.05) is 0 Å². The summed E-state index contributed by atoms with van der Waals surface area (Å²) in [5.41, 5.74) is 8.13. The Morgan fingerprint density at radius 1 is 0.479 bits per heavy atom. The molecule has 0 nitrogen and oxygen atoms in total. The van der Waals surface area contributed by atoms with Crippen LogP contribution in [-0.4, -0.2) is 5.43 Å². The molecule has 2 heterocycles. The van der Waals surface area contributed by atoms with Crippen LogP contribution < -0.4 is 24.8 Å². The van der Waals surface area contributed by atoms with Gasteiger partial charge in [-0.3, -0.25) is 0 Å². The molecule has 0 unspecified atom stereocenters. The summed E-state index contributed by atoms with van der Waals surface area (Å²) in [7, 11) is -0.589. The normalized spacial score (nSPS) is 10.3. The Bertz CT molecular complexity index is 2040. The standard InChI is InChI=1S/2C20H16P.C2H6Si.2ClH.Zr/c2*1-15-11-18-13-17(16-7-3-2-4-8-16)14-20(19(18)12-15)21-9-5-6-10-21;1-3-2;;;/h2*2-14H,1H3;1-2H3;2*1H;/q2*-1;;;;+2/p-2. The van der Waals surface area contributed by atoms with E-state index in [0.717, 1.165) is 0 Å². The molecular formula is C42H38Cl2P2SiZr-2. The Hall–Kier alpha value is -2.66. The van der Waals surface area contributed by atoms with Crippen molar-refractivity contribution in [1.29, 1.82) is 0 Å². The largest absolute Gasteiger partial charge is 1.00 e. The average Bonchev–Trinajstić information content (AvgIpc) is 3.88. The molecule has 240 valence electrons. The summed E-state index contributed by atoms with van der Waals surface area (Å²) < 4.78 is 0. The van der Waals surface area contributed by atoms with E-state index < -0.39 is 0 Å². The van der Waals surface area contributed by atoms with Crippen LogP contribution in [0.3, 0.4) is 0 Å². The van der Waals surface area contributed by atoms with Crippen molar-refractivity contribution in [3.8, 4) is 32.9 Å². The number of fused-ring (bicyclic) bond motifs is 2. The minimum absolute atomic E-state index is 0. The van der Waals surface area contributed by atoms with E-state index in [0.29, 0.717) is 0 Å². The van der Waals surface area contributed by atoms with Gasteiger partial charge in [-0.05, 0) is 44.9 Å². The molecule has 0 N–H and O–H groups in total. The third-order valence-electron chi connectivity index (χ3n) is 7.87. The number of rotatable bonds is 4. The summed E-state index contributed by atoms with van der Waals surface area (Å²) in [6.45, 7) is 8.98. The molecule has 0 fully saturated rings. The molecule has 6 heteroatoms. The van der Waals surface area contributed by atoms with E-state index in [1.165, 1.54) is 65.5 Å². The van der Waals surface area contributed by atoms with Gasteiger partial charge in [0.2, 0.25) is 0 Å². The van der Waals surface area contributed by atoms with Gasteiger partial charge in [-0.1, -0.05) is 122 Å². The average molecular weight is 795 g/mol. The van der Waals surface area contributed by atoms with E-state index in [1.54, 1.807) is 23.3 Å². The number of benzene rings is 4. The number of hydrogen-bond donors (Lipinski definition) is 0. The fourth-order valence-corrected chi connectivity index (χ4v) is 9.41. The quantitative estimate of drug-likeness (QED) is 0.126. The second-order valence-electron chi connectivity index (χ2n) is 12.0. The van der Waals surface area contributed by atoms with Gasteiger partial charge in [0.1, 0.15) is 0 Å². The molecule has 0 atom stereocenters. The minimum Gasteiger partial charge on any atom is -1.00 e. The van der Waals surface area contributed by atoms with Gasteiger partial charge in [0.25, 0.3) is 0 Å². The summed E-state index contributed by atoms with van der Waals surface area (Å²) in [5.74, 6) is 9.34. The number of hydrogen-bond acceptors (Lipinski definition) is 0. The Labute approximate surface area is 315 Å². The van der Waals surface area contributed by atoms with Crippen LogP contribution >= 0.6 is 15.1 Å². The molecule has 48 heavy (non-hydrogen) atoms. The number of halogens is 2. The molecule has 8 aromatic rings. The first-order chi connectivity index (χ1) is 22.4. The molecule has 0 amide bonds. The maximum Gasteiger partial charge on any atom is -0.0277 e. The van der Waals surface area contributed by atoms with E-state index in [2.05, 4.69) is 184 Å². The maximum absolute atomic E-state index is 2.38.